The van der Waals surface area contributed by atoms with Gasteiger partial charge in [-0.05, 0) is 49.9 Å². The Bertz CT molecular complexity index is 863. The molecule has 146 valence electrons. The molecule has 2 fully saturated rings. The maximum atomic E-state index is 12.5. The first-order valence-electron chi connectivity index (χ1n) is 9.11. The first kappa shape index (κ1) is 18.2. The van der Waals surface area contributed by atoms with Gasteiger partial charge in [0.15, 0.2) is 5.60 Å². The van der Waals surface area contributed by atoms with Crippen molar-refractivity contribution < 1.29 is 22.8 Å². The first-order chi connectivity index (χ1) is 12.9. The van der Waals surface area contributed by atoms with E-state index >= 15 is 0 Å². The van der Waals surface area contributed by atoms with Gasteiger partial charge in [-0.2, -0.15) is 4.31 Å². The number of nitrogens with one attached hydrogen (secondary N) is 1. The average molecular weight is 393 g/mol. The summed E-state index contributed by atoms with van der Waals surface area (Å²) < 4.78 is 31.7. The number of carbonyl (C=O) groups excluding carboxylic acids is 1. The van der Waals surface area contributed by atoms with Gasteiger partial charge in [-0.1, -0.05) is 5.16 Å². The number of methoxy groups -OCH3 is 1. The van der Waals surface area contributed by atoms with Gasteiger partial charge in [0, 0.05) is 18.7 Å². The third-order valence-electron chi connectivity index (χ3n) is 5.26. The van der Waals surface area contributed by atoms with E-state index in [-0.39, 0.29) is 23.4 Å². The van der Waals surface area contributed by atoms with Crippen molar-refractivity contribution in [3.05, 3.63) is 24.3 Å². The molecule has 1 aliphatic carbocycles. The monoisotopic (exact) mass is 393 g/mol. The maximum Gasteiger partial charge on any atom is 0.273 e. The van der Waals surface area contributed by atoms with Crippen molar-refractivity contribution >= 4 is 27.3 Å². The highest BCUT2D eigenvalue weighted by atomic mass is 32.2. The molecule has 1 aromatic rings. The number of ether oxygens (including phenoxy) is 1. The molecule has 0 radical (unpaired) electrons. The summed E-state index contributed by atoms with van der Waals surface area (Å²) >= 11 is 0. The van der Waals surface area contributed by atoms with E-state index in [2.05, 4.69) is 10.5 Å². The Morgan fingerprint density at radius 2 is 2.07 bits per heavy atom. The van der Waals surface area contributed by atoms with Crippen LogP contribution in [-0.2, 0) is 19.7 Å². The van der Waals surface area contributed by atoms with Gasteiger partial charge < -0.3 is 14.9 Å². The Kier molecular flexibility index (Phi) is 4.59. The predicted molar refractivity (Wildman–Crippen MR) is 100 cm³/mol. The number of sulfonamides is 1. The van der Waals surface area contributed by atoms with Crippen molar-refractivity contribution in [2.24, 2.45) is 5.16 Å². The van der Waals surface area contributed by atoms with E-state index in [9.17, 15) is 13.2 Å². The quantitative estimate of drug-likeness (QED) is 0.822. The van der Waals surface area contributed by atoms with Crippen LogP contribution in [0.4, 0.5) is 5.69 Å². The van der Waals surface area contributed by atoms with E-state index in [1.165, 1.54) is 4.31 Å². The van der Waals surface area contributed by atoms with Crippen molar-refractivity contribution in [1.82, 2.24) is 4.31 Å². The first-order valence-corrected chi connectivity index (χ1v) is 10.6. The van der Waals surface area contributed by atoms with Crippen LogP contribution in [0.25, 0.3) is 0 Å². The molecule has 27 heavy (non-hydrogen) atoms. The van der Waals surface area contributed by atoms with Crippen molar-refractivity contribution in [3.63, 3.8) is 0 Å². The lowest BCUT2D eigenvalue weighted by molar-refractivity contribution is -0.110. The number of oxime groups is 1. The third kappa shape index (κ3) is 3.66. The van der Waals surface area contributed by atoms with E-state index < -0.39 is 15.6 Å². The fraction of sp³-hybridized carbons (Fsp3) is 0.556. The second-order valence-electron chi connectivity index (χ2n) is 7.35. The standard InChI is InChI=1S/C18H23N3O5S/c1-25-14-5-3-13(4-6-14)19-17(22)16-11-18(26-20-16)9-2-10-21(12-18)27(23,24)15-7-8-15/h3-6,15H,2,7-12H2,1H3,(H,19,22). The van der Waals surface area contributed by atoms with Gasteiger partial charge in [-0.25, -0.2) is 8.42 Å². The molecule has 1 atom stereocenters. The van der Waals surface area contributed by atoms with Crippen LogP contribution in [0, 0.1) is 0 Å². The molecule has 1 saturated heterocycles. The molecule has 2 aliphatic heterocycles. The lowest BCUT2D eigenvalue weighted by Gasteiger charge is -2.37. The van der Waals surface area contributed by atoms with E-state index in [1.54, 1.807) is 31.4 Å². The fourth-order valence-electron chi connectivity index (χ4n) is 3.59. The van der Waals surface area contributed by atoms with Crippen LogP contribution in [0.3, 0.4) is 0 Å². The molecule has 1 saturated carbocycles. The normalized spacial score (nSPS) is 25.7. The number of carbonyl (C=O) groups is 1. The zero-order valence-electron chi connectivity index (χ0n) is 15.2. The summed E-state index contributed by atoms with van der Waals surface area (Å²) in [7, 11) is -1.68. The molecular formula is C18H23N3O5S. The number of hydrogen-bond acceptors (Lipinski definition) is 6. The molecule has 1 N–H and O–H groups in total. The summed E-state index contributed by atoms with van der Waals surface area (Å²) in [5.74, 6) is 0.367. The summed E-state index contributed by atoms with van der Waals surface area (Å²) in [6.07, 6.45) is 3.17. The highest BCUT2D eigenvalue weighted by Gasteiger charge is 2.49. The van der Waals surface area contributed by atoms with Crippen LogP contribution >= 0.6 is 0 Å². The molecule has 9 heteroatoms. The van der Waals surface area contributed by atoms with Crippen molar-refractivity contribution in [1.29, 1.82) is 0 Å². The molecule has 1 aromatic carbocycles. The Morgan fingerprint density at radius 1 is 1.33 bits per heavy atom. The summed E-state index contributed by atoms with van der Waals surface area (Å²) in [4.78, 5) is 18.1. The summed E-state index contributed by atoms with van der Waals surface area (Å²) in [5.41, 5.74) is 0.190. The molecule has 0 aromatic heterocycles. The van der Waals surface area contributed by atoms with Gasteiger partial charge in [-0.15, -0.1) is 0 Å². The van der Waals surface area contributed by atoms with Gasteiger partial charge in [0.2, 0.25) is 10.0 Å². The van der Waals surface area contributed by atoms with E-state index in [1.807, 2.05) is 0 Å². The fourth-order valence-corrected chi connectivity index (χ4v) is 5.54. The van der Waals surface area contributed by atoms with Gasteiger partial charge >= 0.3 is 0 Å². The molecule has 8 nitrogen and oxygen atoms in total. The number of rotatable bonds is 5. The lowest BCUT2D eigenvalue weighted by Crippen LogP contribution is -2.51. The third-order valence-corrected chi connectivity index (χ3v) is 7.60. The molecule has 4 rings (SSSR count). The van der Waals surface area contributed by atoms with E-state index in [4.69, 9.17) is 9.57 Å². The number of hydrogen-bond donors (Lipinski definition) is 1. The Labute approximate surface area is 158 Å². The van der Waals surface area contributed by atoms with Crippen molar-refractivity contribution in [3.8, 4) is 5.75 Å². The molecule has 2 heterocycles. The molecule has 1 spiro atoms. The van der Waals surface area contributed by atoms with Crippen molar-refractivity contribution in [2.75, 3.05) is 25.5 Å². The highest BCUT2D eigenvalue weighted by molar-refractivity contribution is 7.90. The predicted octanol–water partition coefficient (Wildman–Crippen LogP) is 1.74. The highest BCUT2D eigenvalue weighted by Crippen LogP contribution is 2.38. The SMILES string of the molecule is COc1ccc(NC(=O)C2=NOC3(CCCN(S(=O)(=O)C4CC4)C3)C2)cc1. The number of anilines is 1. The van der Waals surface area contributed by atoms with Crippen LogP contribution in [0.15, 0.2) is 29.4 Å². The molecular weight excluding hydrogens is 370 g/mol. The number of nitrogens with zero attached hydrogens (tertiary/aromatic N) is 2. The molecule has 1 unspecified atom stereocenters. The second kappa shape index (κ2) is 6.79. The topological polar surface area (TPSA) is 97.3 Å². The smallest absolute Gasteiger partial charge is 0.273 e. The van der Waals surface area contributed by atoms with Crippen LogP contribution in [0.2, 0.25) is 0 Å². The van der Waals surface area contributed by atoms with Gasteiger partial charge in [0.05, 0.1) is 18.9 Å². The van der Waals surface area contributed by atoms with E-state index in [0.717, 1.165) is 12.8 Å². The van der Waals surface area contributed by atoms with Crippen LogP contribution in [0.5, 0.6) is 5.75 Å². The van der Waals surface area contributed by atoms with Gasteiger partial charge in [0.1, 0.15) is 11.5 Å². The molecule has 3 aliphatic rings. The summed E-state index contributed by atoms with van der Waals surface area (Å²) in [6, 6.07) is 7.00. The summed E-state index contributed by atoms with van der Waals surface area (Å²) in [6.45, 7) is 0.770. The van der Waals surface area contributed by atoms with Gasteiger partial charge in [0.25, 0.3) is 5.91 Å². The van der Waals surface area contributed by atoms with Gasteiger partial charge in [-0.3, -0.25) is 4.79 Å². The molecule has 1 amide bonds. The number of amides is 1. The minimum Gasteiger partial charge on any atom is -0.497 e. The molecule has 0 bridgehead atoms. The number of benzene rings is 1. The van der Waals surface area contributed by atoms with Crippen LogP contribution < -0.4 is 10.1 Å². The minimum atomic E-state index is -3.26. The number of piperidine rings is 1. The van der Waals surface area contributed by atoms with Crippen LogP contribution in [-0.4, -0.2) is 55.4 Å². The summed E-state index contributed by atoms with van der Waals surface area (Å²) in [5, 5.41) is 6.52. The Balaban J connectivity index is 1.40. The largest absolute Gasteiger partial charge is 0.497 e. The minimum absolute atomic E-state index is 0.243. The Morgan fingerprint density at radius 3 is 2.74 bits per heavy atom. The zero-order chi connectivity index (χ0) is 19.1. The Hall–Kier alpha value is -2.13. The average Bonchev–Trinajstić information content (AvgIpc) is 3.46. The maximum absolute atomic E-state index is 12.5. The lowest BCUT2D eigenvalue weighted by atomic mass is 9.89. The van der Waals surface area contributed by atoms with Crippen LogP contribution in [0.1, 0.15) is 32.1 Å². The zero-order valence-corrected chi connectivity index (χ0v) is 16.0. The second-order valence-corrected chi connectivity index (χ2v) is 9.57. The van der Waals surface area contributed by atoms with Crippen molar-refractivity contribution in [2.45, 2.75) is 43.0 Å². The van der Waals surface area contributed by atoms with E-state index in [0.29, 0.717) is 37.2 Å².